The van der Waals surface area contributed by atoms with E-state index >= 15 is 0 Å². The van der Waals surface area contributed by atoms with Gasteiger partial charge in [0.15, 0.2) is 12.4 Å². The molecule has 0 fully saturated rings. The molecule has 0 aliphatic carbocycles. The lowest BCUT2D eigenvalue weighted by Crippen LogP contribution is -2.10. The lowest BCUT2D eigenvalue weighted by atomic mass is 10.2. The Bertz CT molecular complexity index is 797. The van der Waals surface area contributed by atoms with Crippen LogP contribution in [0.2, 0.25) is 5.02 Å². The van der Waals surface area contributed by atoms with E-state index < -0.39 is 24.3 Å². The van der Waals surface area contributed by atoms with Gasteiger partial charge in [-0.1, -0.05) is 23.7 Å². The van der Waals surface area contributed by atoms with Gasteiger partial charge in [0, 0.05) is 11.8 Å². The van der Waals surface area contributed by atoms with Crippen LogP contribution in [0, 0.1) is 0 Å². The van der Waals surface area contributed by atoms with Crippen molar-refractivity contribution in [2.24, 2.45) is 5.10 Å². The number of nitrogens with zero attached hydrogens (tertiary/aromatic N) is 2. The summed E-state index contributed by atoms with van der Waals surface area (Å²) >= 11 is 5.74. The molecule has 0 aliphatic heterocycles. The van der Waals surface area contributed by atoms with Crippen molar-refractivity contribution in [1.82, 2.24) is 4.98 Å². The lowest BCUT2D eigenvalue weighted by molar-refractivity contribution is -0.139. The Balaban J connectivity index is 2.10. The van der Waals surface area contributed by atoms with Crippen LogP contribution in [0.1, 0.15) is 11.1 Å². The van der Waals surface area contributed by atoms with Gasteiger partial charge in [0.2, 0.25) is 0 Å². The maximum atomic E-state index is 12.5. The fourth-order valence-corrected chi connectivity index (χ4v) is 1.90. The second kappa shape index (κ2) is 7.84. The number of carboxylic acids is 1. The summed E-state index contributed by atoms with van der Waals surface area (Å²) < 4.78 is 42.7. The molecule has 0 atom stereocenters. The fraction of sp³-hybridized carbons (Fsp3) is 0.133. The number of anilines is 1. The van der Waals surface area contributed by atoms with Crippen LogP contribution in [0.3, 0.4) is 0 Å². The van der Waals surface area contributed by atoms with E-state index in [4.69, 9.17) is 21.4 Å². The van der Waals surface area contributed by atoms with Gasteiger partial charge in [-0.25, -0.2) is 9.78 Å². The van der Waals surface area contributed by atoms with Crippen molar-refractivity contribution in [3.05, 3.63) is 52.7 Å². The van der Waals surface area contributed by atoms with Gasteiger partial charge in [-0.2, -0.15) is 18.3 Å². The monoisotopic (exact) mass is 373 g/mol. The van der Waals surface area contributed by atoms with Gasteiger partial charge in [-0.05, 0) is 18.2 Å². The average Bonchev–Trinajstić information content (AvgIpc) is 2.54. The van der Waals surface area contributed by atoms with E-state index in [1.807, 2.05) is 0 Å². The molecular weight excluding hydrogens is 363 g/mol. The zero-order chi connectivity index (χ0) is 18.4. The molecule has 0 bridgehead atoms. The third-order valence-electron chi connectivity index (χ3n) is 2.81. The average molecular weight is 374 g/mol. The number of hydrogen-bond donors (Lipinski definition) is 2. The smallest absolute Gasteiger partial charge is 0.417 e. The Morgan fingerprint density at radius 2 is 2.12 bits per heavy atom. The molecule has 0 spiro atoms. The number of rotatable bonds is 6. The molecule has 0 aliphatic rings. The standard InChI is InChI=1S/C15H11ClF3N3O3/c16-11-5-10(15(17,18)19)7-20-14(11)22-21-6-9-3-1-2-4-12(9)25-8-13(23)24/h1-7H,8H2,(H,20,22)(H,23,24)/b21-6-. The first kappa shape index (κ1) is 18.5. The molecule has 10 heteroatoms. The number of ether oxygens (including phenoxy) is 1. The van der Waals surface area contributed by atoms with Crippen molar-refractivity contribution < 1.29 is 27.8 Å². The molecule has 0 unspecified atom stereocenters. The predicted octanol–water partition coefficient (Wildman–Crippen LogP) is 3.66. The van der Waals surface area contributed by atoms with E-state index in [1.165, 1.54) is 6.21 Å². The summed E-state index contributed by atoms with van der Waals surface area (Å²) in [5.74, 6) is -0.914. The maximum Gasteiger partial charge on any atom is 0.417 e. The number of alkyl halides is 3. The van der Waals surface area contributed by atoms with Crippen molar-refractivity contribution in [2.45, 2.75) is 6.18 Å². The number of hydrazone groups is 1. The van der Waals surface area contributed by atoms with Gasteiger partial charge < -0.3 is 9.84 Å². The predicted molar refractivity (Wildman–Crippen MR) is 85.0 cm³/mol. The topological polar surface area (TPSA) is 83.8 Å². The number of nitrogens with one attached hydrogen (secondary N) is 1. The van der Waals surface area contributed by atoms with Crippen molar-refractivity contribution in [1.29, 1.82) is 0 Å². The van der Waals surface area contributed by atoms with Crippen LogP contribution in [0.5, 0.6) is 5.75 Å². The molecule has 1 aromatic carbocycles. The molecule has 0 amide bonds. The minimum atomic E-state index is -4.54. The number of para-hydroxylation sites is 1. The summed E-state index contributed by atoms with van der Waals surface area (Å²) in [6, 6.07) is 7.22. The third-order valence-corrected chi connectivity index (χ3v) is 3.10. The van der Waals surface area contributed by atoms with Gasteiger partial charge in [0.25, 0.3) is 0 Å². The number of aliphatic carboxylic acids is 1. The first-order valence-electron chi connectivity index (χ1n) is 6.73. The molecule has 0 radical (unpaired) electrons. The van der Waals surface area contributed by atoms with E-state index in [-0.39, 0.29) is 16.6 Å². The van der Waals surface area contributed by atoms with E-state index in [9.17, 15) is 18.0 Å². The summed E-state index contributed by atoms with van der Waals surface area (Å²) in [5.41, 5.74) is 1.90. The molecule has 0 saturated carbocycles. The van der Waals surface area contributed by atoms with Crippen LogP contribution >= 0.6 is 11.6 Å². The maximum absolute atomic E-state index is 12.5. The van der Waals surface area contributed by atoms with E-state index in [0.717, 1.165) is 6.07 Å². The van der Waals surface area contributed by atoms with Crippen molar-refractivity contribution in [2.75, 3.05) is 12.0 Å². The van der Waals surface area contributed by atoms with Gasteiger partial charge in [0.1, 0.15) is 5.75 Å². The number of hydrogen-bond acceptors (Lipinski definition) is 5. The zero-order valence-corrected chi connectivity index (χ0v) is 13.2. The normalized spacial score (nSPS) is 11.5. The quantitative estimate of drug-likeness (QED) is 0.596. The van der Waals surface area contributed by atoms with Crippen molar-refractivity contribution in [3.8, 4) is 5.75 Å². The SMILES string of the molecule is O=C(O)COc1ccccc1/C=N\Nc1ncc(C(F)(F)F)cc1Cl. The Kier molecular flexibility index (Phi) is 5.81. The summed E-state index contributed by atoms with van der Waals surface area (Å²) in [6.07, 6.45) is -2.61. The summed E-state index contributed by atoms with van der Waals surface area (Å²) in [4.78, 5) is 14.1. The first-order chi connectivity index (χ1) is 11.8. The number of pyridine rings is 1. The Hall–Kier alpha value is -2.81. The number of aromatic nitrogens is 1. The molecule has 25 heavy (non-hydrogen) atoms. The van der Waals surface area contributed by atoms with Crippen LogP contribution in [-0.4, -0.2) is 28.9 Å². The molecule has 132 valence electrons. The second-order valence-electron chi connectivity index (χ2n) is 4.64. The number of carbonyl (C=O) groups is 1. The van der Waals surface area contributed by atoms with Gasteiger partial charge >= 0.3 is 12.1 Å². The third kappa shape index (κ3) is 5.35. The summed E-state index contributed by atoms with van der Waals surface area (Å²) in [5, 5.41) is 12.2. The number of carboxylic acid groups (broad SMARTS) is 1. The highest BCUT2D eigenvalue weighted by Gasteiger charge is 2.31. The van der Waals surface area contributed by atoms with Crippen LogP contribution in [0.4, 0.5) is 19.0 Å². The number of halogens is 4. The molecule has 6 nitrogen and oxygen atoms in total. The minimum Gasteiger partial charge on any atom is -0.481 e. The van der Waals surface area contributed by atoms with Gasteiger partial charge in [-0.3, -0.25) is 5.43 Å². The molecule has 1 heterocycles. The Morgan fingerprint density at radius 3 is 2.76 bits per heavy atom. The highest BCUT2D eigenvalue weighted by molar-refractivity contribution is 6.32. The summed E-state index contributed by atoms with van der Waals surface area (Å²) in [6.45, 7) is -0.523. The van der Waals surface area contributed by atoms with Crippen LogP contribution in [-0.2, 0) is 11.0 Å². The Morgan fingerprint density at radius 1 is 1.40 bits per heavy atom. The van der Waals surface area contributed by atoms with Crippen LogP contribution < -0.4 is 10.2 Å². The van der Waals surface area contributed by atoms with Crippen molar-refractivity contribution in [3.63, 3.8) is 0 Å². The minimum absolute atomic E-state index is 0.0603. The molecule has 0 saturated heterocycles. The molecular formula is C15H11ClF3N3O3. The second-order valence-corrected chi connectivity index (χ2v) is 5.05. The summed E-state index contributed by atoms with van der Waals surface area (Å²) in [7, 11) is 0. The fourth-order valence-electron chi connectivity index (χ4n) is 1.70. The lowest BCUT2D eigenvalue weighted by Gasteiger charge is -2.09. The Labute approximate surface area is 144 Å². The van der Waals surface area contributed by atoms with E-state index in [2.05, 4.69) is 15.5 Å². The molecule has 2 rings (SSSR count). The molecule has 1 aromatic heterocycles. The first-order valence-corrected chi connectivity index (χ1v) is 7.10. The number of benzene rings is 1. The molecule has 2 aromatic rings. The highest BCUT2D eigenvalue weighted by Crippen LogP contribution is 2.32. The largest absolute Gasteiger partial charge is 0.481 e. The van der Waals surface area contributed by atoms with Crippen LogP contribution in [0.25, 0.3) is 0 Å². The molecule has 2 N–H and O–H groups in total. The van der Waals surface area contributed by atoms with Crippen molar-refractivity contribution >= 4 is 29.6 Å². The zero-order valence-electron chi connectivity index (χ0n) is 12.4. The van der Waals surface area contributed by atoms with Crippen LogP contribution in [0.15, 0.2) is 41.6 Å². The van der Waals surface area contributed by atoms with Gasteiger partial charge in [-0.15, -0.1) is 0 Å². The van der Waals surface area contributed by atoms with E-state index in [0.29, 0.717) is 11.8 Å². The van der Waals surface area contributed by atoms with Gasteiger partial charge in [0.05, 0.1) is 16.8 Å². The highest BCUT2D eigenvalue weighted by atomic mass is 35.5. The van der Waals surface area contributed by atoms with E-state index in [1.54, 1.807) is 24.3 Å².